The summed E-state index contributed by atoms with van der Waals surface area (Å²) in [7, 11) is 2.17. The summed E-state index contributed by atoms with van der Waals surface area (Å²) in [4.78, 5) is 16.7. The molecule has 0 aliphatic carbocycles. The van der Waals surface area contributed by atoms with Crippen molar-refractivity contribution in [1.82, 2.24) is 20.0 Å². The third-order valence-corrected chi connectivity index (χ3v) is 5.57. The lowest BCUT2D eigenvalue weighted by atomic mass is 10.0. The van der Waals surface area contributed by atoms with E-state index < -0.39 is 0 Å². The third kappa shape index (κ3) is 4.15. The van der Waals surface area contributed by atoms with Crippen LogP contribution in [-0.2, 0) is 4.79 Å². The summed E-state index contributed by atoms with van der Waals surface area (Å²) in [5, 5.41) is 7.70. The van der Waals surface area contributed by atoms with E-state index in [1.165, 1.54) is 0 Å². The van der Waals surface area contributed by atoms with Gasteiger partial charge >= 0.3 is 0 Å². The highest BCUT2D eigenvalue weighted by molar-refractivity contribution is 5.76. The molecule has 26 heavy (non-hydrogen) atoms. The Bertz CT molecular complexity index is 712. The summed E-state index contributed by atoms with van der Waals surface area (Å²) in [5.41, 5.74) is 3.22. The van der Waals surface area contributed by atoms with E-state index in [-0.39, 0.29) is 6.04 Å². The fraction of sp³-hybridized carbons (Fsp3) is 0.524. The molecule has 0 radical (unpaired) electrons. The SMILES string of the molecule is CCCN1CCC(N(C)C(C)c2cc(-c3ccccc3)n[nH]2)CCC1=O. The lowest BCUT2D eigenvalue weighted by Gasteiger charge is -2.32. The molecule has 140 valence electrons. The Kier molecular flexibility index (Phi) is 6.09. The zero-order valence-electron chi connectivity index (χ0n) is 16.1. The molecule has 1 aliphatic rings. The van der Waals surface area contributed by atoms with Crippen molar-refractivity contribution in [2.45, 2.75) is 51.6 Å². The van der Waals surface area contributed by atoms with Crippen molar-refractivity contribution in [3.63, 3.8) is 0 Å². The summed E-state index contributed by atoms with van der Waals surface area (Å²) in [6.07, 6.45) is 3.64. The van der Waals surface area contributed by atoms with Crippen molar-refractivity contribution in [2.75, 3.05) is 20.1 Å². The summed E-state index contributed by atoms with van der Waals surface area (Å²) >= 11 is 0. The number of hydrogen-bond donors (Lipinski definition) is 1. The summed E-state index contributed by atoms with van der Waals surface area (Å²) in [6.45, 7) is 6.09. The van der Waals surface area contributed by atoms with Crippen molar-refractivity contribution in [2.24, 2.45) is 0 Å². The Balaban J connectivity index is 1.67. The number of benzene rings is 1. The van der Waals surface area contributed by atoms with Gasteiger partial charge in [-0.15, -0.1) is 0 Å². The van der Waals surface area contributed by atoms with Gasteiger partial charge in [-0.3, -0.25) is 14.8 Å². The molecule has 5 nitrogen and oxygen atoms in total. The van der Waals surface area contributed by atoms with Gasteiger partial charge in [-0.2, -0.15) is 5.10 Å². The van der Waals surface area contributed by atoms with E-state index in [1.807, 2.05) is 23.1 Å². The van der Waals surface area contributed by atoms with Crippen molar-refractivity contribution in [3.05, 3.63) is 42.1 Å². The van der Waals surface area contributed by atoms with Gasteiger partial charge in [0.25, 0.3) is 0 Å². The van der Waals surface area contributed by atoms with Crippen LogP contribution in [0.3, 0.4) is 0 Å². The summed E-state index contributed by atoms with van der Waals surface area (Å²) < 4.78 is 0. The van der Waals surface area contributed by atoms with E-state index >= 15 is 0 Å². The molecule has 1 aromatic carbocycles. The number of nitrogens with zero attached hydrogens (tertiary/aromatic N) is 3. The van der Waals surface area contributed by atoms with Gasteiger partial charge in [-0.1, -0.05) is 37.3 Å². The van der Waals surface area contributed by atoms with Gasteiger partial charge in [0.1, 0.15) is 0 Å². The number of hydrogen-bond acceptors (Lipinski definition) is 3. The lowest BCUT2D eigenvalue weighted by Crippen LogP contribution is -2.35. The maximum Gasteiger partial charge on any atom is 0.222 e. The van der Waals surface area contributed by atoms with Gasteiger partial charge in [0.2, 0.25) is 5.91 Å². The van der Waals surface area contributed by atoms with Crippen LogP contribution in [0, 0.1) is 0 Å². The van der Waals surface area contributed by atoms with Gasteiger partial charge in [0, 0.05) is 37.2 Å². The number of amides is 1. The Morgan fingerprint density at radius 1 is 1.31 bits per heavy atom. The fourth-order valence-electron chi connectivity index (χ4n) is 3.78. The minimum absolute atomic E-state index is 0.234. The maximum atomic E-state index is 12.3. The smallest absolute Gasteiger partial charge is 0.222 e. The Morgan fingerprint density at radius 3 is 2.81 bits per heavy atom. The van der Waals surface area contributed by atoms with Crippen LogP contribution < -0.4 is 0 Å². The second-order valence-electron chi connectivity index (χ2n) is 7.28. The minimum atomic E-state index is 0.234. The molecule has 2 aromatic rings. The highest BCUT2D eigenvalue weighted by atomic mass is 16.2. The van der Waals surface area contributed by atoms with Crippen LogP contribution >= 0.6 is 0 Å². The van der Waals surface area contributed by atoms with E-state index in [9.17, 15) is 4.79 Å². The van der Waals surface area contributed by atoms with Crippen molar-refractivity contribution in [3.8, 4) is 11.3 Å². The monoisotopic (exact) mass is 354 g/mol. The first-order valence-corrected chi connectivity index (χ1v) is 9.70. The zero-order valence-corrected chi connectivity index (χ0v) is 16.1. The number of nitrogens with one attached hydrogen (secondary N) is 1. The van der Waals surface area contributed by atoms with E-state index in [4.69, 9.17) is 0 Å². The number of carbonyl (C=O) groups excluding carboxylic acids is 1. The first-order valence-electron chi connectivity index (χ1n) is 9.70. The number of aromatic nitrogens is 2. The van der Waals surface area contributed by atoms with Crippen LogP contribution in [0.1, 0.15) is 51.3 Å². The second-order valence-corrected chi connectivity index (χ2v) is 7.28. The van der Waals surface area contributed by atoms with Gasteiger partial charge in [-0.25, -0.2) is 0 Å². The molecular formula is C21H30N4O. The number of aromatic amines is 1. The van der Waals surface area contributed by atoms with Crippen molar-refractivity contribution in [1.29, 1.82) is 0 Å². The highest BCUT2D eigenvalue weighted by Gasteiger charge is 2.27. The average Bonchev–Trinajstić information content (AvgIpc) is 3.09. The van der Waals surface area contributed by atoms with Crippen LogP contribution in [0.4, 0.5) is 0 Å². The number of H-pyrrole nitrogens is 1. The molecule has 0 bridgehead atoms. The molecule has 1 N–H and O–H groups in total. The summed E-state index contributed by atoms with van der Waals surface area (Å²) in [5.74, 6) is 0.309. The minimum Gasteiger partial charge on any atom is -0.343 e. The van der Waals surface area contributed by atoms with Gasteiger partial charge in [-0.05, 0) is 39.3 Å². The van der Waals surface area contributed by atoms with Crippen molar-refractivity contribution < 1.29 is 4.79 Å². The molecule has 2 atom stereocenters. The molecule has 2 unspecified atom stereocenters. The molecule has 0 saturated carbocycles. The molecule has 1 amide bonds. The molecule has 2 heterocycles. The largest absolute Gasteiger partial charge is 0.343 e. The highest BCUT2D eigenvalue weighted by Crippen LogP contribution is 2.27. The third-order valence-electron chi connectivity index (χ3n) is 5.57. The number of carbonyl (C=O) groups is 1. The van der Waals surface area contributed by atoms with Crippen LogP contribution in [0.15, 0.2) is 36.4 Å². The lowest BCUT2D eigenvalue weighted by molar-refractivity contribution is -0.130. The normalized spacial score (nSPS) is 19.6. The first kappa shape index (κ1) is 18.6. The Hall–Kier alpha value is -2.14. The second kappa shape index (κ2) is 8.49. The van der Waals surface area contributed by atoms with Crippen LogP contribution in [-0.4, -0.2) is 52.1 Å². The van der Waals surface area contributed by atoms with Crippen molar-refractivity contribution >= 4 is 5.91 Å². The molecule has 1 fully saturated rings. The first-order chi connectivity index (χ1) is 12.6. The molecule has 5 heteroatoms. The van der Waals surface area contributed by atoms with Gasteiger partial charge < -0.3 is 4.90 Å². The van der Waals surface area contributed by atoms with Crippen LogP contribution in [0.2, 0.25) is 0 Å². The topological polar surface area (TPSA) is 52.2 Å². The Labute approximate surface area is 156 Å². The Morgan fingerprint density at radius 2 is 2.08 bits per heavy atom. The average molecular weight is 354 g/mol. The fourth-order valence-corrected chi connectivity index (χ4v) is 3.78. The van der Waals surface area contributed by atoms with Crippen LogP contribution in [0.25, 0.3) is 11.3 Å². The van der Waals surface area contributed by atoms with E-state index in [2.05, 4.69) is 54.2 Å². The standard InChI is InChI=1S/C21H30N4O/c1-4-13-25-14-12-18(10-11-21(25)26)24(3)16(2)19-15-20(23-22-19)17-8-6-5-7-9-17/h5-9,15-16,18H,4,10-14H2,1-3H3,(H,22,23). The predicted molar refractivity (Wildman–Crippen MR) is 105 cm³/mol. The maximum absolute atomic E-state index is 12.3. The molecular weight excluding hydrogens is 324 g/mol. The number of likely N-dealkylation sites (tertiary alicyclic amines) is 1. The zero-order chi connectivity index (χ0) is 18.5. The quantitative estimate of drug-likeness (QED) is 0.857. The van der Waals surface area contributed by atoms with E-state index in [0.717, 1.165) is 49.3 Å². The molecule has 1 aliphatic heterocycles. The predicted octanol–water partition coefficient (Wildman–Crippen LogP) is 3.86. The number of rotatable bonds is 6. The van der Waals surface area contributed by atoms with Gasteiger partial charge in [0.05, 0.1) is 11.4 Å². The van der Waals surface area contributed by atoms with Crippen LogP contribution in [0.5, 0.6) is 0 Å². The van der Waals surface area contributed by atoms with Gasteiger partial charge in [0.15, 0.2) is 0 Å². The van der Waals surface area contributed by atoms with E-state index in [1.54, 1.807) is 0 Å². The molecule has 1 aromatic heterocycles. The summed E-state index contributed by atoms with van der Waals surface area (Å²) in [6, 6.07) is 13.0. The molecule has 3 rings (SSSR count). The molecule has 1 saturated heterocycles. The molecule has 0 spiro atoms. The van der Waals surface area contributed by atoms with E-state index in [0.29, 0.717) is 18.4 Å².